The van der Waals surface area contributed by atoms with Gasteiger partial charge in [-0.2, -0.15) is 0 Å². The molecule has 1 aromatic carbocycles. The van der Waals surface area contributed by atoms with Gasteiger partial charge in [0.05, 0.1) is 16.5 Å². The Kier molecular flexibility index (Phi) is 7.80. The molecule has 26 heavy (non-hydrogen) atoms. The molecule has 0 saturated heterocycles. The Labute approximate surface area is 154 Å². The average Bonchev–Trinajstić information content (AvgIpc) is 2.57. The van der Waals surface area contributed by atoms with Gasteiger partial charge in [0.25, 0.3) is 0 Å². The Bertz CT molecular complexity index is 649. The van der Waals surface area contributed by atoms with Crippen molar-refractivity contribution in [3.8, 4) is 0 Å². The Hall–Kier alpha value is -2.37. The van der Waals surface area contributed by atoms with Gasteiger partial charge in [0.1, 0.15) is 13.2 Å². The molecular formula is C20H28O6. The van der Waals surface area contributed by atoms with Crippen molar-refractivity contribution in [3.05, 3.63) is 35.4 Å². The van der Waals surface area contributed by atoms with Gasteiger partial charge in [-0.3, -0.25) is 4.79 Å². The van der Waals surface area contributed by atoms with E-state index < -0.39 is 17.4 Å². The zero-order valence-electron chi connectivity index (χ0n) is 16.1. The molecular weight excluding hydrogens is 336 g/mol. The SMILES string of the molecule is CC(C)CC(C)(C(=O)OCCOC(=O)c1ccccc1C(=O)O)C(C)C. The summed E-state index contributed by atoms with van der Waals surface area (Å²) in [5.74, 6) is -1.82. The molecule has 0 spiro atoms. The number of rotatable bonds is 9. The highest BCUT2D eigenvalue weighted by Gasteiger charge is 2.38. The van der Waals surface area contributed by atoms with E-state index in [1.54, 1.807) is 6.07 Å². The first-order valence-corrected chi connectivity index (χ1v) is 8.76. The number of carbonyl (C=O) groups excluding carboxylic acids is 2. The third-order valence-electron chi connectivity index (χ3n) is 4.50. The summed E-state index contributed by atoms with van der Waals surface area (Å²) in [7, 11) is 0. The number of carboxylic acid groups (broad SMARTS) is 1. The van der Waals surface area contributed by atoms with Crippen molar-refractivity contribution in [2.24, 2.45) is 17.3 Å². The average molecular weight is 364 g/mol. The zero-order valence-corrected chi connectivity index (χ0v) is 16.1. The van der Waals surface area contributed by atoms with E-state index in [2.05, 4.69) is 13.8 Å². The molecule has 1 rings (SSSR count). The lowest BCUT2D eigenvalue weighted by molar-refractivity contribution is -0.160. The Morgan fingerprint density at radius 1 is 1.00 bits per heavy atom. The molecule has 1 N–H and O–H groups in total. The molecule has 0 bridgehead atoms. The number of ether oxygens (including phenoxy) is 2. The number of carbonyl (C=O) groups is 3. The molecule has 0 aliphatic rings. The van der Waals surface area contributed by atoms with Crippen LogP contribution in [0.1, 0.15) is 61.8 Å². The number of esters is 2. The number of benzene rings is 1. The van der Waals surface area contributed by atoms with Crippen molar-refractivity contribution in [2.75, 3.05) is 13.2 Å². The van der Waals surface area contributed by atoms with Crippen LogP contribution in [0, 0.1) is 17.3 Å². The van der Waals surface area contributed by atoms with E-state index in [1.807, 2.05) is 20.8 Å². The van der Waals surface area contributed by atoms with Gasteiger partial charge in [-0.15, -0.1) is 0 Å². The van der Waals surface area contributed by atoms with Crippen LogP contribution in [0.3, 0.4) is 0 Å². The number of hydrogen-bond acceptors (Lipinski definition) is 5. The standard InChI is InChI=1S/C20H28O6/c1-13(2)12-20(5,14(3)4)19(24)26-11-10-25-18(23)16-9-7-6-8-15(16)17(21)22/h6-9,13-14H,10-12H2,1-5H3,(H,21,22). The van der Waals surface area contributed by atoms with Crippen molar-refractivity contribution >= 4 is 17.9 Å². The molecule has 144 valence electrons. The third kappa shape index (κ3) is 5.58. The monoisotopic (exact) mass is 364 g/mol. The Morgan fingerprint density at radius 2 is 1.54 bits per heavy atom. The highest BCUT2D eigenvalue weighted by molar-refractivity contribution is 6.02. The minimum atomic E-state index is -1.20. The Balaban J connectivity index is 2.60. The van der Waals surface area contributed by atoms with Crippen molar-refractivity contribution in [2.45, 2.75) is 41.0 Å². The molecule has 1 atom stereocenters. The molecule has 0 saturated carbocycles. The largest absolute Gasteiger partial charge is 0.478 e. The molecule has 0 amide bonds. The fourth-order valence-electron chi connectivity index (χ4n) is 2.76. The molecule has 1 unspecified atom stereocenters. The maximum atomic E-state index is 12.5. The second-order valence-electron chi connectivity index (χ2n) is 7.29. The van der Waals surface area contributed by atoms with E-state index in [9.17, 15) is 14.4 Å². The summed E-state index contributed by atoms with van der Waals surface area (Å²) < 4.78 is 10.3. The van der Waals surface area contributed by atoms with Gasteiger partial charge < -0.3 is 14.6 Å². The fourth-order valence-corrected chi connectivity index (χ4v) is 2.76. The molecule has 0 fully saturated rings. The maximum absolute atomic E-state index is 12.5. The van der Waals surface area contributed by atoms with Crippen molar-refractivity contribution < 1.29 is 29.0 Å². The second-order valence-corrected chi connectivity index (χ2v) is 7.29. The topological polar surface area (TPSA) is 89.9 Å². The lowest BCUT2D eigenvalue weighted by atomic mass is 9.73. The highest BCUT2D eigenvalue weighted by atomic mass is 16.6. The quantitative estimate of drug-likeness (QED) is 0.529. The molecule has 6 nitrogen and oxygen atoms in total. The first kappa shape index (κ1) is 21.7. The molecule has 0 aliphatic heterocycles. The summed E-state index contributed by atoms with van der Waals surface area (Å²) in [6, 6.07) is 5.81. The van der Waals surface area contributed by atoms with E-state index in [0.717, 1.165) is 0 Å². The van der Waals surface area contributed by atoms with Gasteiger partial charge in [-0.25, -0.2) is 9.59 Å². The highest BCUT2D eigenvalue weighted by Crippen LogP contribution is 2.35. The van der Waals surface area contributed by atoms with Crippen LogP contribution in [-0.4, -0.2) is 36.2 Å². The summed E-state index contributed by atoms with van der Waals surface area (Å²) in [4.78, 5) is 35.6. The fraction of sp³-hybridized carbons (Fsp3) is 0.550. The molecule has 6 heteroatoms. The van der Waals surface area contributed by atoms with Crippen LogP contribution in [0.2, 0.25) is 0 Å². The van der Waals surface area contributed by atoms with Crippen LogP contribution >= 0.6 is 0 Å². The predicted octanol–water partition coefficient (Wildman–Crippen LogP) is 3.79. The number of hydrogen-bond donors (Lipinski definition) is 1. The molecule has 0 aromatic heterocycles. The summed E-state index contributed by atoms with van der Waals surface area (Å²) in [6.45, 7) is 9.74. The van der Waals surface area contributed by atoms with E-state index in [1.165, 1.54) is 18.2 Å². The first-order chi connectivity index (χ1) is 12.1. The van der Waals surface area contributed by atoms with Crippen molar-refractivity contribution in [1.29, 1.82) is 0 Å². The Morgan fingerprint density at radius 3 is 2.04 bits per heavy atom. The van der Waals surface area contributed by atoms with E-state index in [4.69, 9.17) is 14.6 Å². The first-order valence-electron chi connectivity index (χ1n) is 8.76. The molecule has 0 radical (unpaired) electrons. The van der Waals surface area contributed by atoms with Crippen LogP contribution in [0.5, 0.6) is 0 Å². The number of aromatic carboxylic acids is 1. The van der Waals surface area contributed by atoms with Gasteiger partial charge in [0.15, 0.2) is 0 Å². The lowest BCUT2D eigenvalue weighted by Crippen LogP contribution is -2.37. The van der Waals surface area contributed by atoms with Crippen molar-refractivity contribution in [3.63, 3.8) is 0 Å². The van der Waals surface area contributed by atoms with Crippen LogP contribution in [0.4, 0.5) is 0 Å². The van der Waals surface area contributed by atoms with Crippen LogP contribution in [-0.2, 0) is 14.3 Å². The summed E-state index contributed by atoms with van der Waals surface area (Å²) in [6.07, 6.45) is 0.704. The predicted molar refractivity (Wildman–Crippen MR) is 97.0 cm³/mol. The second kappa shape index (κ2) is 9.36. The van der Waals surface area contributed by atoms with Gasteiger partial charge in [0.2, 0.25) is 0 Å². The summed E-state index contributed by atoms with van der Waals surface area (Å²) >= 11 is 0. The van der Waals surface area contributed by atoms with Gasteiger partial charge >= 0.3 is 17.9 Å². The zero-order chi connectivity index (χ0) is 19.9. The smallest absolute Gasteiger partial charge is 0.339 e. The van der Waals surface area contributed by atoms with E-state index in [0.29, 0.717) is 12.3 Å². The van der Waals surface area contributed by atoms with E-state index in [-0.39, 0.29) is 36.2 Å². The minimum absolute atomic E-state index is 0.0295. The number of carboxylic acids is 1. The van der Waals surface area contributed by atoms with Crippen molar-refractivity contribution in [1.82, 2.24) is 0 Å². The van der Waals surface area contributed by atoms with Crippen LogP contribution < -0.4 is 0 Å². The van der Waals surface area contributed by atoms with Gasteiger partial charge in [-0.1, -0.05) is 39.8 Å². The van der Waals surface area contributed by atoms with E-state index >= 15 is 0 Å². The van der Waals surface area contributed by atoms with Gasteiger partial charge in [0, 0.05) is 0 Å². The van der Waals surface area contributed by atoms with Gasteiger partial charge in [-0.05, 0) is 37.3 Å². The molecule has 1 aromatic rings. The maximum Gasteiger partial charge on any atom is 0.339 e. The third-order valence-corrected chi connectivity index (χ3v) is 4.50. The summed E-state index contributed by atoms with van der Waals surface area (Å²) in [5.41, 5.74) is -0.759. The minimum Gasteiger partial charge on any atom is -0.478 e. The van der Waals surface area contributed by atoms with Crippen LogP contribution in [0.25, 0.3) is 0 Å². The van der Waals surface area contributed by atoms with Crippen LogP contribution in [0.15, 0.2) is 24.3 Å². The molecule has 0 heterocycles. The normalized spacial score (nSPS) is 13.3. The molecule has 0 aliphatic carbocycles. The lowest BCUT2D eigenvalue weighted by Gasteiger charge is -2.32. The summed E-state index contributed by atoms with van der Waals surface area (Å²) in [5, 5.41) is 9.10.